The Bertz CT molecular complexity index is 514. The Morgan fingerprint density at radius 3 is 2.47 bits per heavy atom. The van der Waals surface area contributed by atoms with Crippen LogP contribution in [-0.4, -0.2) is 12.8 Å². The Labute approximate surface area is 116 Å². The molecule has 98 valence electrons. The average molecular weight is 251 g/mol. The zero-order valence-corrected chi connectivity index (χ0v) is 11.5. The highest BCUT2D eigenvalue weighted by Gasteiger charge is 2.02. The van der Waals surface area contributed by atoms with Crippen molar-refractivity contribution in [2.45, 2.75) is 26.2 Å². The lowest BCUT2D eigenvalue weighted by Gasteiger charge is -2.07. The SMILES string of the molecule is CCCCN=CCc1ccccc1-c1ccccc1. The van der Waals surface area contributed by atoms with Crippen molar-refractivity contribution in [3.8, 4) is 11.1 Å². The predicted octanol–water partition coefficient (Wildman–Crippen LogP) is 4.77. The van der Waals surface area contributed by atoms with Crippen LogP contribution in [0, 0.1) is 0 Å². The van der Waals surface area contributed by atoms with Crippen molar-refractivity contribution in [1.82, 2.24) is 0 Å². The molecule has 0 unspecified atom stereocenters. The van der Waals surface area contributed by atoms with Gasteiger partial charge >= 0.3 is 0 Å². The summed E-state index contributed by atoms with van der Waals surface area (Å²) in [5.74, 6) is 0. The summed E-state index contributed by atoms with van der Waals surface area (Å²) in [4.78, 5) is 4.47. The molecule has 0 heterocycles. The Kier molecular flexibility index (Phi) is 5.36. The smallest absolute Gasteiger partial charge is 0.0385 e. The first-order chi connectivity index (χ1) is 9.42. The van der Waals surface area contributed by atoms with Crippen LogP contribution in [0.25, 0.3) is 11.1 Å². The summed E-state index contributed by atoms with van der Waals surface area (Å²) in [7, 11) is 0. The van der Waals surface area contributed by atoms with E-state index in [1.807, 2.05) is 0 Å². The molecular weight excluding hydrogens is 230 g/mol. The third-order valence-corrected chi connectivity index (χ3v) is 3.18. The molecule has 0 N–H and O–H groups in total. The molecule has 0 atom stereocenters. The molecule has 1 heteroatoms. The van der Waals surface area contributed by atoms with E-state index in [1.54, 1.807) is 0 Å². The molecule has 0 spiro atoms. The molecule has 0 aromatic heterocycles. The highest BCUT2D eigenvalue weighted by Crippen LogP contribution is 2.23. The van der Waals surface area contributed by atoms with Crippen LogP contribution in [0.1, 0.15) is 25.3 Å². The minimum atomic E-state index is 0.911. The lowest BCUT2D eigenvalue weighted by atomic mass is 9.98. The maximum absolute atomic E-state index is 4.47. The summed E-state index contributed by atoms with van der Waals surface area (Å²) in [5.41, 5.74) is 3.93. The fraction of sp³-hybridized carbons (Fsp3) is 0.278. The summed E-state index contributed by atoms with van der Waals surface area (Å²) in [6.45, 7) is 3.14. The summed E-state index contributed by atoms with van der Waals surface area (Å²) < 4.78 is 0. The van der Waals surface area contributed by atoms with E-state index < -0.39 is 0 Å². The topological polar surface area (TPSA) is 12.4 Å². The number of hydrogen-bond acceptors (Lipinski definition) is 1. The number of unbranched alkanes of at least 4 members (excludes halogenated alkanes) is 1. The van der Waals surface area contributed by atoms with Gasteiger partial charge in [-0.15, -0.1) is 0 Å². The van der Waals surface area contributed by atoms with Gasteiger partial charge in [-0.2, -0.15) is 0 Å². The molecule has 0 fully saturated rings. The van der Waals surface area contributed by atoms with Crippen molar-refractivity contribution in [1.29, 1.82) is 0 Å². The third-order valence-electron chi connectivity index (χ3n) is 3.18. The quantitative estimate of drug-likeness (QED) is 0.518. The molecule has 2 aromatic carbocycles. The minimum Gasteiger partial charge on any atom is -0.297 e. The molecule has 0 saturated carbocycles. The molecule has 1 nitrogen and oxygen atoms in total. The molecule has 0 aliphatic rings. The van der Waals surface area contributed by atoms with Gasteiger partial charge in [0.25, 0.3) is 0 Å². The van der Waals surface area contributed by atoms with Crippen LogP contribution < -0.4 is 0 Å². The van der Waals surface area contributed by atoms with Gasteiger partial charge in [0.05, 0.1) is 0 Å². The van der Waals surface area contributed by atoms with Gasteiger partial charge in [-0.1, -0.05) is 67.9 Å². The van der Waals surface area contributed by atoms with Gasteiger partial charge in [0.2, 0.25) is 0 Å². The molecule has 2 aromatic rings. The Hall–Kier alpha value is -1.89. The predicted molar refractivity (Wildman–Crippen MR) is 83.8 cm³/mol. The average Bonchev–Trinajstić information content (AvgIpc) is 2.48. The second-order valence-corrected chi connectivity index (χ2v) is 4.67. The van der Waals surface area contributed by atoms with E-state index >= 15 is 0 Å². The fourth-order valence-electron chi connectivity index (χ4n) is 2.10. The van der Waals surface area contributed by atoms with E-state index in [0.29, 0.717) is 0 Å². The van der Waals surface area contributed by atoms with E-state index in [-0.39, 0.29) is 0 Å². The lowest BCUT2D eigenvalue weighted by molar-refractivity contribution is 0.809. The summed E-state index contributed by atoms with van der Waals surface area (Å²) >= 11 is 0. The zero-order chi connectivity index (χ0) is 13.3. The molecule has 2 rings (SSSR count). The van der Waals surface area contributed by atoms with Crippen molar-refractivity contribution in [2.75, 3.05) is 6.54 Å². The van der Waals surface area contributed by atoms with Gasteiger partial charge in [-0.3, -0.25) is 4.99 Å². The van der Waals surface area contributed by atoms with E-state index in [1.165, 1.54) is 29.5 Å². The highest BCUT2D eigenvalue weighted by atomic mass is 14.7. The number of rotatable bonds is 6. The van der Waals surface area contributed by atoms with Gasteiger partial charge in [0, 0.05) is 19.2 Å². The largest absolute Gasteiger partial charge is 0.297 e. The summed E-state index contributed by atoms with van der Waals surface area (Å²) in [6.07, 6.45) is 5.35. The second kappa shape index (κ2) is 7.52. The van der Waals surface area contributed by atoms with E-state index in [4.69, 9.17) is 0 Å². The monoisotopic (exact) mass is 251 g/mol. The molecule has 0 radical (unpaired) electrons. The highest BCUT2D eigenvalue weighted by molar-refractivity contribution is 5.72. The number of hydrogen-bond donors (Lipinski definition) is 0. The second-order valence-electron chi connectivity index (χ2n) is 4.67. The van der Waals surface area contributed by atoms with Gasteiger partial charge in [-0.05, 0) is 23.1 Å². The standard InChI is InChI=1S/C18H21N/c1-2-3-14-19-15-13-17-11-7-8-12-18(17)16-9-5-4-6-10-16/h4-12,15H,2-3,13-14H2,1H3. The first-order valence-corrected chi connectivity index (χ1v) is 7.03. The van der Waals surface area contributed by atoms with E-state index in [2.05, 4.69) is 72.7 Å². The zero-order valence-electron chi connectivity index (χ0n) is 11.5. The molecular formula is C18H21N. The summed E-state index contributed by atoms with van der Waals surface area (Å²) in [6, 6.07) is 19.1. The van der Waals surface area contributed by atoms with Gasteiger partial charge in [0.15, 0.2) is 0 Å². The Morgan fingerprint density at radius 1 is 0.947 bits per heavy atom. The maximum atomic E-state index is 4.47. The number of aliphatic imine (C=N–C) groups is 1. The van der Waals surface area contributed by atoms with E-state index in [9.17, 15) is 0 Å². The first-order valence-electron chi connectivity index (χ1n) is 7.03. The minimum absolute atomic E-state index is 0.911. The number of benzene rings is 2. The third kappa shape index (κ3) is 4.06. The molecule has 0 aliphatic carbocycles. The molecule has 0 bridgehead atoms. The van der Waals surface area contributed by atoms with Gasteiger partial charge in [-0.25, -0.2) is 0 Å². The van der Waals surface area contributed by atoms with E-state index in [0.717, 1.165) is 13.0 Å². The van der Waals surface area contributed by atoms with Gasteiger partial charge in [0.1, 0.15) is 0 Å². The molecule has 0 saturated heterocycles. The first kappa shape index (κ1) is 13.5. The normalized spacial score (nSPS) is 11.0. The summed E-state index contributed by atoms with van der Waals surface area (Å²) in [5, 5.41) is 0. The Morgan fingerprint density at radius 2 is 1.68 bits per heavy atom. The Balaban J connectivity index is 2.11. The fourth-order valence-corrected chi connectivity index (χ4v) is 2.10. The molecule has 19 heavy (non-hydrogen) atoms. The van der Waals surface area contributed by atoms with Crippen LogP contribution in [0.15, 0.2) is 59.6 Å². The maximum Gasteiger partial charge on any atom is 0.0385 e. The molecule has 0 aliphatic heterocycles. The number of nitrogens with zero attached hydrogens (tertiary/aromatic N) is 1. The van der Waals surface area contributed by atoms with Crippen LogP contribution in [0.2, 0.25) is 0 Å². The van der Waals surface area contributed by atoms with Crippen molar-refractivity contribution in [2.24, 2.45) is 4.99 Å². The van der Waals surface area contributed by atoms with Crippen molar-refractivity contribution < 1.29 is 0 Å². The molecule has 0 amide bonds. The lowest BCUT2D eigenvalue weighted by Crippen LogP contribution is -1.92. The van der Waals surface area contributed by atoms with Crippen LogP contribution in [-0.2, 0) is 6.42 Å². The van der Waals surface area contributed by atoms with Crippen molar-refractivity contribution >= 4 is 6.21 Å². The van der Waals surface area contributed by atoms with Crippen molar-refractivity contribution in [3.05, 3.63) is 60.2 Å². The van der Waals surface area contributed by atoms with Gasteiger partial charge < -0.3 is 0 Å². The van der Waals surface area contributed by atoms with Crippen LogP contribution >= 0.6 is 0 Å². The van der Waals surface area contributed by atoms with Crippen LogP contribution in [0.3, 0.4) is 0 Å². The van der Waals surface area contributed by atoms with Crippen LogP contribution in [0.5, 0.6) is 0 Å². The van der Waals surface area contributed by atoms with Crippen LogP contribution in [0.4, 0.5) is 0 Å². The van der Waals surface area contributed by atoms with Crippen molar-refractivity contribution in [3.63, 3.8) is 0 Å².